The molecule has 0 heterocycles. The Balaban J connectivity index is 2.11. The van der Waals surface area contributed by atoms with Crippen LogP contribution in [-0.4, -0.2) is 19.1 Å². The number of ether oxygens (including phenoxy) is 1. The molecule has 0 aliphatic heterocycles. The van der Waals surface area contributed by atoms with E-state index in [2.05, 4.69) is 12.2 Å². The minimum atomic E-state index is -0.0988. The number of hydrogen-bond acceptors (Lipinski definition) is 3. The number of nitrogens with one attached hydrogen (secondary N) is 1. The number of amides is 1. The second-order valence-corrected chi connectivity index (χ2v) is 5.02. The van der Waals surface area contributed by atoms with Gasteiger partial charge in [-0.1, -0.05) is 13.0 Å². The predicted octanol–water partition coefficient (Wildman–Crippen LogP) is 2.20. The molecule has 1 fully saturated rings. The van der Waals surface area contributed by atoms with Crippen LogP contribution in [0.1, 0.15) is 36.5 Å². The summed E-state index contributed by atoms with van der Waals surface area (Å²) < 4.78 is 5.20. The fraction of sp³-hybridized carbons (Fsp3) is 0.500. The van der Waals surface area contributed by atoms with Crippen molar-refractivity contribution in [2.75, 3.05) is 12.8 Å². The third kappa shape index (κ3) is 2.58. The standard InChI is InChI=1S/C14H20N2O2/c1-9-6-7-10(8-9)16-14(17)11-4-3-5-12(15)13(11)18-2/h3-5,9-10H,6-8,15H2,1-2H3,(H,16,17). The lowest BCUT2D eigenvalue weighted by Crippen LogP contribution is -2.33. The lowest BCUT2D eigenvalue weighted by Gasteiger charge is -2.15. The Kier molecular flexibility index (Phi) is 3.75. The molecule has 1 aliphatic rings. The molecule has 4 heteroatoms. The molecule has 1 amide bonds. The molecule has 0 radical (unpaired) electrons. The molecule has 0 spiro atoms. The predicted molar refractivity (Wildman–Crippen MR) is 71.7 cm³/mol. The molecule has 4 nitrogen and oxygen atoms in total. The van der Waals surface area contributed by atoms with Crippen molar-refractivity contribution < 1.29 is 9.53 Å². The van der Waals surface area contributed by atoms with E-state index >= 15 is 0 Å². The minimum absolute atomic E-state index is 0.0988. The van der Waals surface area contributed by atoms with Crippen molar-refractivity contribution in [1.29, 1.82) is 0 Å². The summed E-state index contributed by atoms with van der Waals surface area (Å²) in [5.41, 5.74) is 6.80. The van der Waals surface area contributed by atoms with E-state index in [4.69, 9.17) is 10.5 Å². The molecule has 2 rings (SSSR count). The molecule has 0 aromatic heterocycles. The minimum Gasteiger partial charge on any atom is -0.494 e. The van der Waals surface area contributed by atoms with Gasteiger partial charge < -0.3 is 15.8 Å². The van der Waals surface area contributed by atoms with Crippen LogP contribution in [0.4, 0.5) is 5.69 Å². The first-order chi connectivity index (χ1) is 8.61. The number of nitrogens with two attached hydrogens (primary N) is 1. The van der Waals surface area contributed by atoms with Crippen LogP contribution in [0, 0.1) is 5.92 Å². The first-order valence-electron chi connectivity index (χ1n) is 6.35. The number of anilines is 1. The highest BCUT2D eigenvalue weighted by Crippen LogP contribution is 2.28. The van der Waals surface area contributed by atoms with Crippen LogP contribution >= 0.6 is 0 Å². The zero-order chi connectivity index (χ0) is 13.1. The molecule has 1 aromatic rings. The lowest BCUT2D eigenvalue weighted by atomic mass is 10.1. The van der Waals surface area contributed by atoms with E-state index in [0.29, 0.717) is 22.9 Å². The van der Waals surface area contributed by atoms with Gasteiger partial charge in [0.15, 0.2) is 5.75 Å². The van der Waals surface area contributed by atoms with Gasteiger partial charge in [0.2, 0.25) is 0 Å². The molecule has 1 aromatic carbocycles. The average Bonchev–Trinajstić information content (AvgIpc) is 2.74. The van der Waals surface area contributed by atoms with Crippen molar-refractivity contribution in [3.05, 3.63) is 23.8 Å². The van der Waals surface area contributed by atoms with Crippen LogP contribution in [0.25, 0.3) is 0 Å². The number of benzene rings is 1. The Morgan fingerprint density at radius 3 is 2.83 bits per heavy atom. The molecular formula is C14H20N2O2. The van der Waals surface area contributed by atoms with Crippen molar-refractivity contribution in [2.24, 2.45) is 5.92 Å². The Morgan fingerprint density at radius 1 is 1.44 bits per heavy atom. The Morgan fingerprint density at radius 2 is 2.22 bits per heavy atom. The molecule has 2 atom stereocenters. The first-order valence-corrected chi connectivity index (χ1v) is 6.35. The summed E-state index contributed by atoms with van der Waals surface area (Å²) in [7, 11) is 1.53. The largest absolute Gasteiger partial charge is 0.494 e. The molecule has 98 valence electrons. The number of para-hydroxylation sites is 1. The van der Waals surface area contributed by atoms with E-state index in [-0.39, 0.29) is 11.9 Å². The number of carbonyl (C=O) groups excluding carboxylic acids is 1. The van der Waals surface area contributed by atoms with Crippen molar-refractivity contribution >= 4 is 11.6 Å². The van der Waals surface area contributed by atoms with Crippen LogP contribution in [-0.2, 0) is 0 Å². The molecule has 0 bridgehead atoms. The summed E-state index contributed by atoms with van der Waals surface area (Å²) in [6, 6.07) is 5.51. The van der Waals surface area contributed by atoms with Gasteiger partial charge in [0.1, 0.15) is 0 Å². The molecule has 0 saturated heterocycles. The van der Waals surface area contributed by atoms with Gasteiger partial charge >= 0.3 is 0 Å². The fourth-order valence-electron chi connectivity index (χ4n) is 2.56. The van der Waals surface area contributed by atoms with E-state index in [1.165, 1.54) is 13.5 Å². The lowest BCUT2D eigenvalue weighted by molar-refractivity contribution is 0.0934. The summed E-state index contributed by atoms with van der Waals surface area (Å²) in [6.07, 6.45) is 3.28. The zero-order valence-corrected chi connectivity index (χ0v) is 10.9. The molecular weight excluding hydrogens is 228 g/mol. The molecule has 3 N–H and O–H groups in total. The number of nitrogen functional groups attached to an aromatic ring is 1. The van der Waals surface area contributed by atoms with Crippen molar-refractivity contribution in [3.63, 3.8) is 0 Å². The van der Waals surface area contributed by atoms with Crippen molar-refractivity contribution in [2.45, 2.75) is 32.2 Å². The first kappa shape index (κ1) is 12.7. The Hall–Kier alpha value is -1.71. The number of hydrogen-bond donors (Lipinski definition) is 2. The van der Waals surface area contributed by atoms with E-state index in [9.17, 15) is 4.79 Å². The van der Waals surface area contributed by atoms with Gasteiger partial charge in [-0.05, 0) is 37.3 Å². The maximum Gasteiger partial charge on any atom is 0.255 e. The highest BCUT2D eigenvalue weighted by molar-refractivity contribution is 5.98. The van der Waals surface area contributed by atoms with E-state index in [1.807, 2.05) is 0 Å². The van der Waals surface area contributed by atoms with Gasteiger partial charge in [-0.15, -0.1) is 0 Å². The summed E-state index contributed by atoms with van der Waals surface area (Å²) in [5.74, 6) is 1.05. The highest BCUT2D eigenvalue weighted by Gasteiger charge is 2.24. The van der Waals surface area contributed by atoms with Gasteiger partial charge in [-0.2, -0.15) is 0 Å². The molecule has 2 unspecified atom stereocenters. The Bertz CT molecular complexity index is 445. The number of carbonyl (C=O) groups is 1. The van der Waals surface area contributed by atoms with Crippen molar-refractivity contribution in [3.8, 4) is 5.75 Å². The monoisotopic (exact) mass is 248 g/mol. The summed E-state index contributed by atoms with van der Waals surface area (Å²) in [4.78, 5) is 12.2. The second-order valence-electron chi connectivity index (χ2n) is 5.02. The van der Waals surface area contributed by atoms with Crippen LogP contribution in [0.5, 0.6) is 5.75 Å². The number of methoxy groups -OCH3 is 1. The highest BCUT2D eigenvalue weighted by atomic mass is 16.5. The quantitative estimate of drug-likeness (QED) is 0.806. The third-order valence-electron chi connectivity index (χ3n) is 3.52. The Labute approximate surface area is 108 Å². The van der Waals surface area contributed by atoms with E-state index in [1.54, 1.807) is 18.2 Å². The summed E-state index contributed by atoms with van der Waals surface area (Å²) >= 11 is 0. The van der Waals surface area contributed by atoms with Gasteiger partial charge in [0, 0.05) is 6.04 Å². The van der Waals surface area contributed by atoms with E-state index in [0.717, 1.165) is 12.8 Å². The third-order valence-corrected chi connectivity index (χ3v) is 3.52. The van der Waals surface area contributed by atoms with Crippen LogP contribution in [0.15, 0.2) is 18.2 Å². The van der Waals surface area contributed by atoms with Gasteiger partial charge in [0.25, 0.3) is 5.91 Å². The van der Waals surface area contributed by atoms with E-state index < -0.39 is 0 Å². The zero-order valence-electron chi connectivity index (χ0n) is 10.9. The topological polar surface area (TPSA) is 64.3 Å². The van der Waals surface area contributed by atoms with Gasteiger partial charge in [-0.25, -0.2) is 0 Å². The normalized spacial score (nSPS) is 22.8. The summed E-state index contributed by atoms with van der Waals surface area (Å²) in [5, 5.41) is 3.05. The van der Waals surface area contributed by atoms with Crippen LogP contribution < -0.4 is 15.8 Å². The van der Waals surface area contributed by atoms with Crippen LogP contribution in [0.3, 0.4) is 0 Å². The van der Waals surface area contributed by atoms with Gasteiger partial charge in [0.05, 0.1) is 18.4 Å². The molecule has 18 heavy (non-hydrogen) atoms. The molecule has 1 saturated carbocycles. The maximum atomic E-state index is 12.2. The second kappa shape index (κ2) is 5.29. The van der Waals surface area contributed by atoms with Crippen molar-refractivity contribution in [1.82, 2.24) is 5.32 Å². The maximum absolute atomic E-state index is 12.2. The van der Waals surface area contributed by atoms with Gasteiger partial charge in [-0.3, -0.25) is 4.79 Å². The number of rotatable bonds is 3. The fourth-order valence-corrected chi connectivity index (χ4v) is 2.56. The SMILES string of the molecule is COc1c(N)cccc1C(=O)NC1CCC(C)C1. The average molecular weight is 248 g/mol. The summed E-state index contributed by atoms with van der Waals surface area (Å²) in [6.45, 7) is 2.22. The smallest absolute Gasteiger partial charge is 0.255 e. The van der Waals surface area contributed by atoms with Crippen LogP contribution in [0.2, 0.25) is 0 Å². The molecule has 1 aliphatic carbocycles.